The topological polar surface area (TPSA) is 89.4 Å². The Hall–Kier alpha value is -2.15. The van der Waals surface area contributed by atoms with E-state index in [-0.39, 0.29) is 18.5 Å². The van der Waals surface area contributed by atoms with E-state index in [1.807, 2.05) is 19.1 Å². The lowest BCUT2D eigenvalue weighted by molar-refractivity contribution is -0.119. The number of carbonyl (C=O) groups excluding carboxylic acids is 2. The summed E-state index contributed by atoms with van der Waals surface area (Å²) in [5.41, 5.74) is 5.65. The van der Waals surface area contributed by atoms with E-state index < -0.39 is 5.91 Å². The van der Waals surface area contributed by atoms with Crippen LogP contribution >= 0.6 is 11.3 Å². The van der Waals surface area contributed by atoms with Gasteiger partial charge >= 0.3 is 0 Å². The van der Waals surface area contributed by atoms with Gasteiger partial charge in [0.05, 0.1) is 6.54 Å². The van der Waals surface area contributed by atoms with Crippen LogP contribution in [-0.4, -0.2) is 34.3 Å². The second-order valence-corrected chi connectivity index (χ2v) is 6.64. The standard InChI is InChI=1S/C16H19N3O3S/c1-10-6-7-13(22-10)15-18-12(9-23-15)16(21)19(8-14(17)20)11-4-2-3-5-11/h6-7,9,11H,2-5,8H2,1H3,(H2,17,20). The largest absolute Gasteiger partial charge is 0.459 e. The van der Waals surface area contributed by atoms with Gasteiger partial charge in [-0.3, -0.25) is 9.59 Å². The molecule has 0 aromatic carbocycles. The van der Waals surface area contributed by atoms with E-state index in [2.05, 4.69) is 4.98 Å². The lowest BCUT2D eigenvalue weighted by Gasteiger charge is -2.26. The molecule has 0 aliphatic heterocycles. The monoisotopic (exact) mass is 333 g/mol. The van der Waals surface area contributed by atoms with Crippen LogP contribution in [0.25, 0.3) is 10.8 Å². The molecule has 3 rings (SSSR count). The first-order chi connectivity index (χ1) is 11.0. The van der Waals surface area contributed by atoms with E-state index in [0.29, 0.717) is 16.5 Å². The minimum absolute atomic E-state index is 0.0593. The molecule has 2 aromatic rings. The molecule has 7 heteroatoms. The Kier molecular flexibility index (Phi) is 4.47. The number of aromatic nitrogens is 1. The van der Waals surface area contributed by atoms with Crippen LogP contribution in [0.3, 0.4) is 0 Å². The van der Waals surface area contributed by atoms with Crippen molar-refractivity contribution in [2.24, 2.45) is 5.73 Å². The molecule has 2 aromatic heterocycles. The molecule has 0 saturated heterocycles. The highest BCUT2D eigenvalue weighted by atomic mass is 32.1. The molecule has 1 aliphatic carbocycles. The zero-order chi connectivity index (χ0) is 16.4. The zero-order valence-corrected chi connectivity index (χ0v) is 13.8. The van der Waals surface area contributed by atoms with E-state index in [4.69, 9.17) is 10.2 Å². The number of rotatable bonds is 5. The van der Waals surface area contributed by atoms with Crippen molar-refractivity contribution in [2.75, 3.05) is 6.54 Å². The first-order valence-electron chi connectivity index (χ1n) is 7.66. The van der Waals surface area contributed by atoms with Crippen LogP contribution in [0, 0.1) is 6.92 Å². The molecule has 2 N–H and O–H groups in total. The predicted octanol–water partition coefficient (Wildman–Crippen LogP) is 2.58. The quantitative estimate of drug-likeness (QED) is 0.910. The number of carbonyl (C=O) groups is 2. The minimum Gasteiger partial charge on any atom is -0.459 e. The Labute approximate surface area is 138 Å². The number of thiazole rings is 1. The van der Waals surface area contributed by atoms with Gasteiger partial charge in [0.1, 0.15) is 11.5 Å². The molecule has 1 aliphatic rings. The normalized spacial score (nSPS) is 15.0. The third-order valence-corrected chi connectivity index (χ3v) is 4.88. The Morgan fingerprint density at radius 2 is 2.13 bits per heavy atom. The van der Waals surface area contributed by atoms with Crippen LogP contribution in [0.4, 0.5) is 0 Å². The predicted molar refractivity (Wildman–Crippen MR) is 87.0 cm³/mol. The summed E-state index contributed by atoms with van der Waals surface area (Å²) in [6, 6.07) is 3.77. The molecule has 23 heavy (non-hydrogen) atoms. The zero-order valence-electron chi connectivity index (χ0n) is 12.9. The lowest BCUT2D eigenvalue weighted by Crippen LogP contribution is -2.44. The highest BCUT2D eigenvalue weighted by molar-refractivity contribution is 7.13. The van der Waals surface area contributed by atoms with Crippen molar-refractivity contribution in [3.8, 4) is 10.8 Å². The van der Waals surface area contributed by atoms with E-state index >= 15 is 0 Å². The number of hydrogen-bond acceptors (Lipinski definition) is 5. The molecule has 1 fully saturated rings. The Morgan fingerprint density at radius 1 is 1.39 bits per heavy atom. The fourth-order valence-corrected chi connectivity index (χ4v) is 3.69. The van der Waals surface area contributed by atoms with Crippen LogP contribution in [-0.2, 0) is 4.79 Å². The maximum absolute atomic E-state index is 12.7. The van der Waals surface area contributed by atoms with Gasteiger partial charge in [0.25, 0.3) is 5.91 Å². The molecular formula is C16H19N3O3S. The second kappa shape index (κ2) is 6.54. The van der Waals surface area contributed by atoms with Crippen LogP contribution in [0.2, 0.25) is 0 Å². The van der Waals surface area contributed by atoms with Gasteiger partial charge in [-0.25, -0.2) is 4.98 Å². The molecular weight excluding hydrogens is 314 g/mol. The van der Waals surface area contributed by atoms with Crippen molar-refractivity contribution in [2.45, 2.75) is 38.6 Å². The number of amides is 2. The molecule has 0 radical (unpaired) electrons. The Balaban J connectivity index is 1.82. The summed E-state index contributed by atoms with van der Waals surface area (Å²) in [4.78, 5) is 30.0. The van der Waals surface area contributed by atoms with Gasteiger partial charge < -0.3 is 15.1 Å². The second-order valence-electron chi connectivity index (χ2n) is 5.79. The van der Waals surface area contributed by atoms with E-state index in [1.54, 1.807) is 10.3 Å². The number of hydrogen-bond donors (Lipinski definition) is 1. The summed E-state index contributed by atoms with van der Waals surface area (Å²) in [6.45, 7) is 1.80. The van der Waals surface area contributed by atoms with Gasteiger partial charge in [0.15, 0.2) is 10.8 Å². The average molecular weight is 333 g/mol. The summed E-state index contributed by atoms with van der Waals surface area (Å²) in [7, 11) is 0. The first-order valence-corrected chi connectivity index (χ1v) is 8.54. The van der Waals surface area contributed by atoms with Crippen LogP contribution in [0.1, 0.15) is 41.9 Å². The number of aryl methyl sites for hydroxylation is 1. The summed E-state index contributed by atoms with van der Waals surface area (Å²) in [6.07, 6.45) is 3.96. The third kappa shape index (κ3) is 3.44. The first kappa shape index (κ1) is 15.7. The van der Waals surface area contributed by atoms with Crippen molar-refractivity contribution < 1.29 is 14.0 Å². The van der Waals surface area contributed by atoms with Crippen molar-refractivity contribution in [3.05, 3.63) is 29.0 Å². The molecule has 2 amide bonds. The molecule has 122 valence electrons. The van der Waals surface area contributed by atoms with E-state index in [0.717, 1.165) is 31.4 Å². The number of nitrogens with two attached hydrogens (primary N) is 1. The summed E-state index contributed by atoms with van der Waals surface area (Å²) < 4.78 is 5.54. The van der Waals surface area contributed by atoms with E-state index in [9.17, 15) is 9.59 Å². The SMILES string of the molecule is Cc1ccc(-c2nc(C(=O)N(CC(N)=O)C3CCCC3)cs2)o1. The van der Waals surface area contributed by atoms with Crippen molar-refractivity contribution in [3.63, 3.8) is 0 Å². The molecule has 0 bridgehead atoms. The average Bonchev–Trinajstić information content (AvgIpc) is 3.24. The van der Waals surface area contributed by atoms with Gasteiger partial charge in [0.2, 0.25) is 5.91 Å². The molecule has 2 heterocycles. The fourth-order valence-electron chi connectivity index (χ4n) is 2.93. The summed E-state index contributed by atoms with van der Waals surface area (Å²) in [5.74, 6) is 0.710. The minimum atomic E-state index is -0.498. The molecule has 0 unspecified atom stereocenters. The maximum Gasteiger partial charge on any atom is 0.274 e. The van der Waals surface area contributed by atoms with Gasteiger partial charge in [-0.05, 0) is 31.9 Å². The van der Waals surface area contributed by atoms with Gasteiger partial charge in [-0.2, -0.15) is 0 Å². The van der Waals surface area contributed by atoms with Crippen molar-refractivity contribution >= 4 is 23.2 Å². The van der Waals surface area contributed by atoms with Gasteiger partial charge in [-0.1, -0.05) is 12.8 Å². The summed E-state index contributed by atoms with van der Waals surface area (Å²) >= 11 is 1.35. The Bertz CT molecular complexity index is 716. The molecule has 6 nitrogen and oxygen atoms in total. The smallest absolute Gasteiger partial charge is 0.274 e. The van der Waals surface area contributed by atoms with Crippen molar-refractivity contribution in [1.82, 2.24) is 9.88 Å². The van der Waals surface area contributed by atoms with Crippen LogP contribution in [0.5, 0.6) is 0 Å². The Morgan fingerprint density at radius 3 is 2.74 bits per heavy atom. The highest BCUT2D eigenvalue weighted by Crippen LogP contribution is 2.28. The van der Waals surface area contributed by atoms with E-state index in [1.165, 1.54) is 11.3 Å². The van der Waals surface area contributed by atoms with Gasteiger partial charge in [-0.15, -0.1) is 11.3 Å². The van der Waals surface area contributed by atoms with Gasteiger partial charge in [0, 0.05) is 11.4 Å². The lowest BCUT2D eigenvalue weighted by atomic mass is 10.2. The number of nitrogens with zero attached hydrogens (tertiary/aromatic N) is 2. The highest BCUT2D eigenvalue weighted by Gasteiger charge is 2.30. The van der Waals surface area contributed by atoms with Crippen LogP contribution in [0.15, 0.2) is 21.9 Å². The van der Waals surface area contributed by atoms with Crippen molar-refractivity contribution in [1.29, 1.82) is 0 Å². The number of primary amides is 1. The van der Waals surface area contributed by atoms with Crippen LogP contribution < -0.4 is 5.73 Å². The number of furan rings is 1. The third-order valence-electron chi connectivity index (χ3n) is 4.03. The summed E-state index contributed by atoms with van der Waals surface area (Å²) in [5, 5.41) is 2.37. The fraction of sp³-hybridized carbons (Fsp3) is 0.438. The molecule has 0 spiro atoms. The molecule has 1 saturated carbocycles. The molecule has 0 atom stereocenters. The maximum atomic E-state index is 12.7.